The third kappa shape index (κ3) is 1.53. The van der Waals surface area contributed by atoms with E-state index >= 15 is 0 Å². The Morgan fingerprint density at radius 1 is 1.50 bits per heavy atom. The van der Waals surface area contributed by atoms with Gasteiger partial charge in [-0.15, -0.1) is 0 Å². The highest BCUT2D eigenvalue weighted by atomic mass is 32.1. The molecule has 2 rings (SSSR count). The Morgan fingerprint density at radius 2 is 2.14 bits per heavy atom. The van der Waals surface area contributed by atoms with Gasteiger partial charge in [0.25, 0.3) is 0 Å². The average molecular weight is 210 g/mol. The van der Waals surface area contributed by atoms with E-state index in [4.69, 9.17) is 23.1 Å². The van der Waals surface area contributed by atoms with Crippen molar-refractivity contribution >= 4 is 23.0 Å². The quantitative estimate of drug-likeness (QED) is 0.628. The van der Waals surface area contributed by atoms with Crippen molar-refractivity contribution in [2.75, 3.05) is 18.0 Å². The lowest BCUT2D eigenvalue weighted by molar-refractivity contribution is 0.141. The van der Waals surface area contributed by atoms with Crippen LogP contribution in [0.2, 0.25) is 0 Å². The summed E-state index contributed by atoms with van der Waals surface area (Å²) in [5.41, 5.74) is 6.03. The third-order valence-corrected chi connectivity index (χ3v) is 2.27. The normalized spacial score (nSPS) is 16.5. The molecule has 1 aliphatic heterocycles. The van der Waals surface area contributed by atoms with E-state index in [0.29, 0.717) is 24.6 Å². The Hall–Kier alpha value is -1.27. The molecule has 0 saturated carbocycles. The van der Waals surface area contributed by atoms with Gasteiger partial charge in [-0.1, -0.05) is 12.2 Å². The molecule has 0 aliphatic carbocycles. The van der Waals surface area contributed by atoms with Crippen LogP contribution in [0.5, 0.6) is 0 Å². The fraction of sp³-hybridized carbons (Fsp3) is 0.375. The number of β-amino-alcohol motifs (C(OH)–C–C–N with tert-alkyl or cyclic N) is 1. The summed E-state index contributed by atoms with van der Waals surface area (Å²) in [6.07, 6.45) is 2.85. The van der Waals surface area contributed by atoms with Crippen molar-refractivity contribution in [1.82, 2.24) is 9.97 Å². The lowest BCUT2D eigenvalue weighted by Crippen LogP contribution is -2.51. The molecule has 0 amide bonds. The van der Waals surface area contributed by atoms with Crippen LogP contribution in [-0.2, 0) is 0 Å². The zero-order valence-corrected chi connectivity index (χ0v) is 8.24. The molecular weight excluding hydrogens is 200 g/mol. The molecule has 1 saturated heterocycles. The molecule has 1 aliphatic rings. The van der Waals surface area contributed by atoms with Crippen LogP contribution in [0.1, 0.15) is 5.69 Å². The van der Waals surface area contributed by atoms with Crippen LogP contribution in [0, 0.1) is 0 Å². The number of nitrogens with two attached hydrogens (primary N) is 1. The second-order valence-electron chi connectivity index (χ2n) is 3.15. The first-order valence-electron chi connectivity index (χ1n) is 4.22. The number of aromatic nitrogens is 2. The maximum atomic E-state index is 9.16. The summed E-state index contributed by atoms with van der Waals surface area (Å²) in [5, 5.41) is 9.16. The maximum Gasteiger partial charge on any atom is 0.157 e. The lowest BCUT2D eigenvalue weighted by Gasteiger charge is -2.37. The molecule has 0 bridgehead atoms. The molecule has 3 N–H and O–H groups in total. The molecule has 6 heteroatoms. The number of hydrogen-bond acceptors (Lipinski definition) is 5. The number of aliphatic hydroxyl groups excluding tert-OH is 1. The van der Waals surface area contributed by atoms with Crippen molar-refractivity contribution in [2.24, 2.45) is 5.73 Å². The van der Waals surface area contributed by atoms with Gasteiger partial charge >= 0.3 is 0 Å². The molecule has 2 heterocycles. The summed E-state index contributed by atoms with van der Waals surface area (Å²) in [5.74, 6) is 0.658. The minimum Gasteiger partial charge on any atom is -0.389 e. The zero-order valence-electron chi connectivity index (χ0n) is 7.42. The van der Waals surface area contributed by atoms with Gasteiger partial charge in [-0.3, -0.25) is 0 Å². The predicted octanol–water partition coefficient (Wildman–Crippen LogP) is -0.708. The van der Waals surface area contributed by atoms with Gasteiger partial charge in [0.2, 0.25) is 0 Å². The van der Waals surface area contributed by atoms with Gasteiger partial charge in [-0.25, -0.2) is 9.97 Å². The van der Waals surface area contributed by atoms with Gasteiger partial charge in [0, 0.05) is 25.5 Å². The van der Waals surface area contributed by atoms with Crippen molar-refractivity contribution in [3.8, 4) is 0 Å². The van der Waals surface area contributed by atoms with Gasteiger partial charge < -0.3 is 15.7 Å². The van der Waals surface area contributed by atoms with Crippen LogP contribution in [0.3, 0.4) is 0 Å². The van der Waals surface area contributed by atoms with Crippen LogP contribution in [0.15, 0.2) is 12.4 Å². The zero-order chi connectivity index (χ0) is 10.1. The van der Waals surface area contributed by atoms with Gasteiger partial charge in [-0.2, -0.15) is 0 Å². The first-order valence-corrected chi connectivity index (χ1v) is 4.63. The molecule has 1 aromatic rings. The van der Waals surface area contributed by atoms with Crippen molar-refractivity contribution < 1.29 is 5.11 Å². The summed E-state index contributed by atoms with van der Waals surface area (Å²) in [7, 11) is 0. The summed E-state index contributed by atoms with van der Waals surface area (Å²) < 4.78 is 0. The molecule has 0 radical (unpaired) electrons. The van der Waals surface area contributed by atoms with Crippen molar-refractivity contribution in [3.63, 3.8) is 0 Å². The van der Waals surface area contributed by atoms with Crippen LogP contribution >= 0.6 is 12.2 Å². The fourth-order valence-corrected chi connectivity index (χ4v) is 1.51. The first-order chi connectivity index (χ1) is 6.68. The number of aliphatic hydroxyl groups is 1. The second kappa shape index (κ2) is 3.47. The fourth-order valence-electron chi connectivity index (χ4n) is 1.36. The monoisotopic (exact) mass is 210 g/mol. The molecule has 5 nitrogen and oxygen atoms in total. The molecule has 1 fully saturated rings. The Kier molecular flexibility index (Phi) is 2.30. The number of anilines is 1. The van der Waals surface area contributed by atoms with E-state index in [1.807, 2.05) is 4.90 Å². The Bertz CT molecular complexity index is 364. The first kappa shape index (κ1) is 9.29. The number of hydrogen-bond donors (Lipinski definition) is 2. The third-order valence-electron chi connectivity index (χ3n) is 2.07. The lowest BCUT2D eigenvalue weighted by atomic mass is 10.1. The molecule has 1 aromatic heterocycles. The van der Waals surface area contributed by atoms with Gasteiger partial charge in [0.1, 0.15) is 10.7 Å². The predicted molar refractivity (Wildman–Crippen MR) is 56.1 cm³/mol. The number of thiocarbonyl (C=S) groups is 1. The topological polar surface area (TPSA) is 75.3 Å². The van der Waals surface area contributed by atoms with E-state index in [2.05, 4.69) is 9.97 Å². The SMILES string of the molecule is NC(=S)c1nccnc1N1CC(O)C1. The number of rotatable bonds is 2. The van der Waals surface area contributed by atoms with Crippen molar-refractivity contribution in [3.05, 3.63) is 18.1 Å². The van der Waals surface area contributed by atoms with Crippen molar-refractivity contribution in [2.45, 2.75) is 6.10 Å². The second-order valence-corrected chi connectivity index (χ2v) is 3.59. The van der Waals surface area contributed by atoms with E-state index in [-0.39, 0.29) is 11.1 Å². The molecule has 0 atom stereocenters. The molecule has 0 unspecified atom stereocenters. The highest BCUT2D eigenvalue weighted by Gasteiger charge is 2.28. The smallest absolute Gasteiger partial charge is 0.157 e. The largest absolute Gasteiger partial charge is 0.389 e. The van der Waals surface area contributed by atoms with Gasteiger partial charge in [-0.05, 0) is 0 Å². The molecule has 14 heavy (non-hydrogen) atoms. The van der Waals surface area contributed by atoms with E-state index in [0.717, 1.165) is 0 Å². The molecular formula is C8H10N4OS. The minimum atomic E-state index is -0.281. The summed E-state index contributed by atoms with van der Waals surface area (Å²) in [6.45, 7) is 1.13. The van der Waals surface area contributed by atoms with Gasteiger partial charge in [0.15, 0.2) is 5.82 Å². The summed E-state index contributed by atoms with van der Waals surface area (Å²) >= 11 is 4.86. The standard InChI is InChI=1S/C8H10N4OS/c9-7(14)6-8(11-2-1-10-6)12-3-5(13)4-12/h1-2,5,13H,3-4H2,(H2,9,14). The molecule has 0 aromatic carbocycles. The summed E-state index contributed by atoms with van der Waals surface area (Å²) in [6, 6.07) is 0. The van der Waals surface area contributed by atoms with Gasteiger partial charge in [0.05, 0.1) is 6.10 Å². The molecule has 74 valence electrons. The average Bonchev–Trinajstić information content (AvgIpc) is 2.13. The van der Waals surface area contributed by atoms with Crippen LogP contribution in [0.4, 0.5) is 5.82 Å². The minimum absolute atomic E-state index is 0.231. The van der Waals surface area contributed by atoms with Crippen LogP contribution in [-0.4, -0.2) is 39.3 Å². The maximum absolute atomic E-state index is 9.16. The summed E-state index contributed by atoms with van der Waals surface area (Å²) in [4.78, 5) is 10.3. The van der Waals surface area contributed by atoms with E-state index in [1.165, 1.54) is 0 Å². The van der Waals surface area contributed by atoms with Crippen LogP contribution in [0.25, 0.3) is 0 Å². The highest BCUT2D eigenvalue weighted by Crippen LogP contribution is 2.20. The molecule has 0 spiro atoms. The highest BCUT2D eigenvalue weighted by molar-refractivity contribution is 7.80. The number of nitrogens with zero attached hydrogens (tertiary/aromatic N) is 3. The van der Waals surface area contributed by atoms with Crippen LogP contribution < -0.4 is 10.6 Å². The van der Waals surface area contributed by atoms with E-state index in [9.17, 15) is 0 Å². The Morgan fingerprint density at radius 3 is 2.71 bits per heavy atom. The van der Waals surface area contributed by atoms with Crippen molar-refractivity contribution in [1.29, 1.82) is 0 Å². The van der Waals surface area contributed by atoms with E-state index < -0.39 is 0 Å². The Balaban J connectivity index is 2.28. The Labute approximate surface area is 86.6 Å². The van der Waals surface area contributed by atoms with E-state index in [1.54, 1.807) is 12.4 Å².